The van der Waals surface area contributed by atoms with E-state index in [-0.39, 0.29) is 11.8 Å². The summed E-state index contributed by atoms with van der Waals surface area (Å²) in [5.74, 6) is -0.945. The van der Waals surface area contributed by atoms with Crippen molar-refractivity contribution in [2.45, 2.75) is 19.8 Å². The van der Waals surface area contributed by atoms with Gasteiger partial charge in [0.05, 0.1) is 5.01 Å². The molecule has 3 nitrogen and oxygen atoms in total. The van der Waals surface area contributed by atoms with Gasteiger partial charge in [-0.15, -0.1) is 11.3 Å². The molecule has 1 unspecified atom stereocenters. The maximum Gasteiger partial charge on any atom is 0.273 e. The number of benzene rings is 1. The van der Waals surface area contributed by atoms with Crippen molar-refractivity contribution >= 4 is 17.2 Å². The van der Waals surface area contributed by atoms with Crippen LogP contribution in [-0.2, 0) is 6.42 Å². The lowest BCUT2D eigenvalue weighted by Gasteiger charge is -2.15. The molecule has 2 heterocycles. The second-order valence-electron chi connectivity index (χ2n) is 5.64. The summed E-state index contributed by atoms with van der Waals surface area (Å²) in [4.78, 5) is 18.3. The first kappa shape index (κ1) is 15.1. The molecular weight excluding hydrogens is 306 g/mol. The quantitative estimate of drug-likeness (QED) is 0.867. The van der Waals surface area contributed by atoms with Gasteiger partial charge in [-0.25, -0.2) is 13.8 Å². The van der Waals surface area contributed by atoms with Crippen molar-refractivity contribution < 1.29 is 13.6 Å². The van der Waals surface area contributed by atoms with Crippen LogP contribution in [0.2, 0.25) is 0 Å². The first-order chi connectivity index (χ1) is 10.5. The normalized spacial score (nSPS) is 18.0. The van der Waals surface area contributed by atoms with Gasteiger partial charge in [0, 0.05) is 24.5 Å². The van der Waals surface area contributed by atoms with E-state index in [0.717, 1.165) is 17.5 Å². The molecule has 1 fully saturated rings. The first-order valence-corrected chi connectivity index (χ1v) is 8.05. The van der Waals surface area contributed by atoms with Gasteiger partial charge in [0.1, 0.15) is 17.3 Å². The number of likely N-dealkylation sites (tertiary alicyclic amines) is 1. The van der Waals surface area contributed by atoms with E-state index in [9.17, 15) is 13.6 Å². The lowest BCUT2D eigenvalue weighted by molar-refractivity contribution is 0.0782. The van der Waals surface area contributed by atoms with Crippen LogP contribution in [0.3, 0.4) is 0 Å². The Morgan fingerprint density at radius 3 is 2.73 bits per heavy atom. The second kappa shape index (κ2) is 6.12. The largest absolute Gasteiger partial charge is 0.337 e. The van der Waals surface area contributed by atoms with Gasteiger partial charge >= 0.3 is 0 Å². The molecule has 0 aliphatic carbocycles. The van der Waals surface area contributed by atoms with E-state index in [0.29, 0.717) is 30.8 Å². The molecule has 6 heteroatoms. The molecule has 1 atom stereocenters. The predicted octanol–water partition coefficient (Wildman–Crippen LogP) is 3.43. The van der Waals surface area contributed by atoms with Crippen LogP contribution >= 0.6 is 11.3 Å². The van der Waals surface area contributed by atoms with Crippen LogP contribution < -0.4 is 0 Å². The van der Waals surface area contributed by atoms with Crippen LogP contribution in [-0.4, -0.2) is 28.9 Å². The zero-order valence-electron chi connectivity index (χ0n) is 12.2. The SMILES string of the molecule is Cc1nc(C(=O)N2CCC(Cc3cc(F)cc(F)c3)C2)cs1. The number of carbonyl (C=O) groups is 1. The van der Waals surface area contributed by atoms with Crippen molar-refractivity contribution in [3.05, 3.63) is 51.5 Å². The third kappa shape index (κ3) is 3.32. The minimum Gasteiger partial charge on any atom is -0.337 e. The summed E-state index contributed by atoms with van der Waals surface area (Å²) in [6.07, 6.45) is 1.42. The molecule has 1 aromatic heterocycles. The number of nitrogens with zero attached hydrogens (tertiary/aromatic N) is 2. The van der Waals surface area contributed by atoms with Crippen molar-refractivity contribution in [3.63, 3.8) is 0 Å². The summed E-state index contributed by atoms with van der Waals surface area (Å²) in [6.45, 7) is 3.14. The predicted molar refractivity (Wildman–Crippen MR) is 80.9 cm³/mol. The van der Waals surface area contributed by atoms with Crippen LogP contribution in [0.5, 0.6) is 0 Å². The monoisotopic (exact) mass is 322 g/mol. The van der Waals surface area contributed by atoms with E-state index in [4.69, 9.17) is 0 Å². The van der Waals surface area contributed by atoms with Gasteiger partial charge in [0.15, 0.2) is 0 Å². The van der Waals surface area contributed by atoms with Gasteiger partial charge < -0.3 is 4.90 Å². The summed E-state index contributed by atoms with van der Waals surface area (Å²) in [6, 6.07) is 3.59. The minimum absolute atomic E-state index is 0.0581. The molecule has 0 N–H and O–H groups in total. The fraction of sp³-hybridized carbons (Fsp3) is 0.375. The Hall–Kier alpha value is -1.82. The van der Waals surface area contributed by atoms with Crippen LogP contribution in [0.15, 0.2) is 23.6 Å². The molecule has 1 aliphatic rings. The topological polar surface area (TPSA) is 33.2 Å². The molecular formula is C16H16F2N2OS. The third-order valence-corrected chi connectivity index (χ3v) is 4.63. The highest BCUT2D eigenvalue weighted by Crippen LogP contribution is 2.23. The maximum absolute atomic E-state index is 13.2. The van der Waals surface area contributed by atoms with Crippen LogP contribution in [0.25, 0.3) is 0 Å². The zero-order valence-corrected chi connectivity index (χ0v) is 13.0. The summed E-state index contributed by atoms with van der Waals surface area (Å²) in [5.41, 5.74) is 1.13. The minimum atomic E-state index is -0.557. The van der Waals surface area contributed by atoms with Crippen molar-refractivity contribution in [1.29, 1.82) is 0 Å². The number of hydrogen-bond donors (Lipinski definition) is 0. The van der Waals surface area contributed by atoms with Gasteiger partial charge in [-0.1, -0.05) is 0 Å². The number of aromatic nitrogens is 1. The molecule has 22 heavy (non-hydrogen) atoms. The summed E-state index contributed by atoms with van der Waals surface area (Å²) in [5, 5.41) is 2.64. The standard InChI is InChI=1S/C16H16F2N2OS/c1-10-19-15(9-22-10)16(21)20-3-2-11(8-20)4-12-5-13(17)7-14(18)6-12/h5-7,9,11H,2-4,8H2,1H3. The molecule has 1 saturated heterocycles. The van der Waals surface area contributed by atoms with E-state index in [1.54, 1.807) is 10.3 Å². The average Bonchev–Trinajstić information content (AvgIpc) is 3.06. The highest BCUT2D eigenvalue weighted by Gasteiger charge is 2.28. The van der Waals surface area contributed by atoms with Crippen molar-refractivity contribution in [1.82, 2.24) is 9.88 Å². The molecule has 0 saturated carbocycles. The lowest BCUT2D eigenvalue weighted by atomic mass is 9.98. The fourth-order valence-electron chi connectivity index (χ4n) is 2.87. The van der Waals surface area contributed by atoms with E-state index in [2.05, 4.69) is 4.98 Å². The van der Waals surface area contributed by atoms with Crippen molar-refractivity contribution in [3.8, 4) is 0 Å². The molecule has 0 spiro atoms. The van der Waals surface area contributed by atoms with Crippen LogP contribution in [0, 0.1) is 24.5 Å². The molecule has 0 bridgehead atoms. The van der Waals surface area contributed by atoms with Gasteiger partial charge in [-0.3, -0.25) is 4.79 Å². The van der Waals surface area contributed by atoms with Gasteiger partial charge in [0.2, 0.25) is 0 Å². The van der Waals surface area contributed by atoms with E-state index in [1.165, 1.54) is 23.5 Å². The number of amides is 1. The highest BCUT2D eigenvalue weighted by molar-refractivity contribution is 7.09. The first-order valence-electron chi connectivity index (χ1n) is 7.17. The van der Waals surface area contributed by atoms with E-state index in [1.807, 2.05) is 6.92 Å². The Bertz CT molecular complexity index is 681. The van der Waals surface area contributed by atoms with Crippen LogP contribution in [0.1, 0.15) is 27.5 Å². The van der Waals surface area contributed by atoms with Crippen LogP contribution in [0.4, 0.5) is 8.78 Å². The fourth-order valence-corrected chi connectivity index (χ4v) is 3.46. The lowest BCUT2D eigenvalue weighted by Crippen LogP contribution is -2.29. The molecule has 0 radical (unpaired) electrons. The Balaban J connectivity index is 1.63. The molecule has 1 aliphatic heterocycles. The van der Waals surface area contributed by atoms with Gasteiger partial charge in [-0.2, -0.15) is 0 Å². The molecule has 1 aromatic carbocycles. The zero-order chi connectivity index (χ0) is 15.7. The Morgan fingerprint density at radius 1 is 1.36 bits per heavy atom. The molecule has 3 rings (SSSR count). The number of rotatable bonds is 3. The van der Waals surface area contributed by atoms with Gasteiger partial charge in [0.25, 0.3) is 5.91 Å². The second-order valence-corrected chi connectivity index (χ2v) is 6.70. The van der Waals surface area contributed by atoms with Gasteiger partial charge in [-0.05, 0) is 43.4 Å². The number of thiazole rings is 1. The summed E-state index contributed by atoms with van der Waals surface area (Å²) >= 11 is 1.46. The molecule has 1 amide bonds. The molecule has 2 aromatic rings. The van der Waals surface area contributed by atoms with Crippen molar-refractivity contribution in [2.24, 2.45) is 5.92 Å². The Labute approximate surface area is 131 Å². The number of hydrogen-bond acceptors (Lipinski definition) is 3. The van der Waals surface area contributed by atoms with E-state index >= 15 is 0 Å². The third-order valence-electron chi connectivity index (χ3n) is 3.86. The van der Waals surface area contributed by atoms with E-state index < -0.39 is 11.6 Å². The highest BCUT2D eigenvalue weighted by atomic mass is 32.1. The van der Waals surface area contributed by atoms with Crippen molar-refractivity contribution in [2.75, 3.05) is 13.1 Å². The smallest absolute Gasteiger partial charge is 0.273 e. The Morgan fingerprint density at radius 2 is 2.09 bits per heavy atom. The number of aryl methyl sites for hydroxylation is 1. The summed E-state index contributed by atoms with van der Waals surface area (Å²) in [7, 11) is 0. The summed E-state index contributed by atoms with van der Waals surface area (Å²) < 4.78 is 26.4. The average molecular weight is 322 g/mol. The maximum atomic E-state index is 13.2. The number of halogens is 2. The Kier molecular flexibility index (Phi) is 4.20. The number of carbonyl (C=O) groups excluding carboxylic acids is 1. The molecule has 116 valence electrons.